The van der Waals surface area contributed by atoms with Crippen LogP contribution in [-0.4, -0.2) is 18.1 Å². The molecule has 3 nitrogen and oxygen atoms in total. The summed E-state index contributed by atoms with van der Waals surface area (Å²) in [5, 5.41) is 6.05. The Hall–Kier alpha value is -2.36. The van der Waals surface area contributed by atoms with Crippen molar-refractivity contribution >= 4 is 6.03 Å². The van der Waals surface area contributed by atoms with Crippen molar-refractivity contribution in [1.82, 2.24) is 10.6 Å². The third-order valence-corrected chi connectivity index (χ3v) is 5.37. The molecular formula is C20H21FN2O. The van der Waals surface area contributed by atoms with E-state index < -0.39 is 0 Å². The summed E-state index contributed by atoms with van der Waals surface area (Å²) in [6, 6.07) is 13.4. The maximum Gasteiger partial charge on any atom is 0.315 e. The lowest BCUT2D eigenvalue weighted by Gasteiger charge is -2.33. The van der Waals surface area contributed by atoms with Gasteiger partial charge in [0, 0.05) is 0 Å². The number of nitrogens with one attached hydrogen (secondary N) is 2. The number of rotatable bonds is 2. The van der Waals surface area contributed by atoms with Gasteiger partial charge in [-0.25, -0.2) is 9.18 Å². The number of urea groups is 1. The maximum atomic E-state index is 13.3. The Bertz CT molecular complexity index is 772. The minimum Gasteiger partial charge on any atom is -0.333 e. The Kier molecular flexibility index (Phi) is 3.75. The van der Waals surface area contributed by atoms with E-state index >= 15 is 0 Å². The van der Waals surface area contributed by atoms with Crippen LogP contribution in [0.2, 0.25) is 0 Å². The van der Waals surface area contributed by atoms with Crippen LogP contribution in [0.1, 0.15) is 36.3 Å². The molecular weight excluding hydrogens is 303 g/mol. The summed E-state index contributed by atoms with van der Waals surface area (Å²) in [6.45, 7) is 2.14. The molecule has 1 aliphatic heterocycles. The van der Waals surface area contributed by atoms with Crippen molar-refractivity contribution in [3.05, 3.63) is 59.4 Å². The molecule has 0 aromatic heterocycles. The smallest absolute Gasteiger partial charge is 0.315 e. The second-order valence-corrected chi connectivity index (χ2v) is 6.88. The number of hydrogen-bond acceptors (Lipinski definition) is 1. The van der Waals surface area contributed by atoms with Crippen LogP contribution in [0.15, 0.2) is 42.5 Å². The van der Waals surface area contributed by atoms with Crippen molar-refractivity contribution in [2.75, 3.05) is 0 Å². The van der Waals surface area contributed by atoms with Crippen molar-refractivity contribution in [1.29, 1.82) is 0 Å². The van der Waals surface area contributed by atoms with Gasteiger partial charge in [0.25, 0.3) is 0 Å². The summed E-state index contributed by atoms with van der Waals surface area (Å²) in [5.74, 6) is 0.195. The van der Waals surface area contributed by atoms with E-state index in [1.165, 1.54) is 28.8 Å². The molecule has 24 heavy (non-hydrogen) atoms. The van der Waals surface area contributed by atoms with Gasteiger partial charge in [-0.2, -0.15) is 0 Å². The van der Waals surface area contributed by atoms with E-state index in [0.717, 1.165) is 24.8 Å². The van der Waals surface area contributed by atoms with E-state index in [1.54, 1.807) is 0 Å². The van der Waals surface area contributed by atoms with Crippen LogP contribution in [0.25, 0.3) is 11.1 Å². The predicted molar refractivity (Wildman–Crippen MR) is 92.4 cm³/mol. The fraction of sp³-hybridized carbons (Fsp3) is 0.350. The lowest BCUT2D eigenvalue weighted by atomic mass is 9.76. The van der Waals surface area contributed by atoms with Crippen molar-refractivity contribution in [2.24, 2.45) is 0 Å². The normalized spacial score (nSPS) is 25.8. The Balaban J connectivity index is 1.70. The summed E-state index contributed by atoms with van der Waals surface area (Å²) in [7, 11) is 0. The second-order valence-electron chi connectivity index (χ2n) is 6.88. The van der Waals surface area contributed by atoms with Gasteiger partial charge in [0.15, 0.2) is 0 Å². The minimum absolute atomic E-state index is 0.0470. The molecule has 3 atom stereocenters. The molecule has 124 valence electrons. The number of hydrogen-bond donors (Lipinski definition) is 2. The molecule has 0 radical (unpaired) electrons. The number of halogens is 1. The molecule has 0 spiro atoms. The van der Waals surface area contributed by atoms with Gasteiger partial charge in [-0.05, 0) is 66.5 Å². The zero-order valence-electron chi connectivity index (χ0n) is 13.7. The Morgan fingerprint density at radius 1 is 1.00 bits per heavy atom. The van der Waals surface area contributed by atoms with E-state index in [1.807, 2.05) is 12.1 Å². The first kappa shape index (κ1) is 15.2. The average Bonchev–Trinajstić information content (AvgIpc) is 2.94. The van der Waals surface area contributed by atoms with Crippen LogP contribution in [-0.2, 0) is 0 Å². The molecule has 1 saturated carbocycles. The highest BCUT2D eigenvalue weighted by Crippen LogP contribution is 2.40. The lowest BCUT2D eigenvalue weighted by molar-refractivity contribution is 0.247. The number of benzene rings is 2. The molecule has 2 aliphatic rings. The van der Waals surface area contributed by atoms with Gasteiger partial charge in [0.2, 0.25) is 0 Å². The summed E-state index contributed by atoms with van der Waals surface area (Å²) in [4.78, 5) is 11.6. The topological polar surface area (TPSA) is 41.1 Å². The van der Waals surface area contributed by atoms with Crippen LogP contribution >= 0.6 is 0 Å². The molecule has 4 heteroatoms. The third kappa shape index (κ3) is 2.66. The van der Waals surface area contributed by atoms with E-state index in [2.05, 4.69) is 35.8 Å². The van der Waals surface area contributed by atoms with Crippen molar-refractivity contribution < 1.29 is 9.18 Å². The molecule has 2 fully saturated rings. The van der Waals surface area contributed by atoms with E-state index in [0.29, 0.717) is 5.92 Å². The van der Waals surface area contributed by atoms with Crippen LogP contribution in [0, 0.1) is 12.7 Å². The zero-order chi connectivity index (χ0) is 16.7. The van der Waals surface area contributed by atoms with Gasteiger partial charge >= 0.3 is 6.03 Å². The Morgan fingerprint density at radius 2 is 1.75 bits per heavy atom. The number of carbonyl (C=O) groups is 1. The number of amides is 2. The summed E-state index contributed by atoms with van der Waals surface area (Å²) in [5.41, 5.74) is 4.82. The average molecular weight is 324 g/mol. The predicted octanol–water partition coefficient (Wildman–Crippen LogP) is 4.12. The first-order valence-electron chi connectivity index (χ1n) is 8.54. The van der Waals surface area contributed by atoms with Crippen LogP contribution < -0.4 is 10.6 Å². The van der Waals surface area contributed by atoms with Gasteiger partial charge in [-0.15, -0.1) is 0 Å². The SMILES string of the molecule is Cc1cccc(-c2ccc(F)cc2)c1C1CCC2NC(=O)NC2C1. The van der Waals surface area contributed by atoms with E-state index in [-0.39, 0.29) is 23.9 Å². The van der Waals surface area contributed by atoms with Gasteiger partial charge in [-0.3, -0.25) is 0 Å². The fourth-order valence-electron chi connectivity index (χ4n) is 4.25. The monoisotopic (exact) mass is 324 g/mol. The highest BCUT2D eigenvalue weighted by atomic mass is 19.1. The molecule has 0 bridgehead atoms. The molecule has 2 aromatic rings. The van der Waals surface area contributed by atoms with Gasteiger partial charge in [-0.1, -0.05) is 30.3 Å². The molecule has 3 unspecified atom stereocenters. The third-order valence-electron chi connectivity index (χ3n) is 5.37. The van der Waals surface area contributed by atoms with Crippen molar-refractivity contribution in [3.63, 3.8) is 0 Å². The Morgan fingerprint density at radius 3 is 2.54 bits per heavy atom. The minimum atomic E-state index is -0.215. The quantitative estimate of drug-likeness (QED) is 0.857. The van der Waals surface area contributed by atoms with Crippen LogP contribution in [0.4, 0.5) is 9.18 Å². The standard InChI is InChI=1S/C20H21FN2O/c1-12-3-2-4-16(13-5-8-15(21)9-6-13)19(12)14-7-10-17-18(11-14)23-20(24)22-17/h2-6,8-9,14,17-18H,7,10-11H2,1H3,(H2,22,23,24). The highest BCUT2D eigenvalue weighted by Gasteiger charge is 2.38. The molecule has 1 saturated heterocycles. The number of carbonyl (C=O) groups excluding carboxylic acids is 1. The first-order chi connectivity index (χ1) is 11.6. The molecule has 2 amide bonds. The molecule has 2 N–H and O–H groups in total. The second kappa shape index (κ2) is 5.93. The molecule has 2 aromatic carbocycles. The fourth-order valence-corrected chi connectivity index (χ4v) is 4.25. The number of aryl methyl sites for hydroxylation is 1. The summed E-state index contributed by atoms with van der Waals surface area (Å²) < 4.78 is 13.3. The number of fused-ring (bicyclic) bond motifs is 1. The zero-order valence-corrected chi connectivity index (χ0v) is 13.7. The van der Waals surface area contributed by atoms with Crippen LogP contribution in [0.5, 0.6) is 0 Å². The van der Waals surface area contributed by atoms with Gasteiger partial charge in [0.1, 0.15) is 5.82 Å². The van der Waals surface area contributed by atoms with Gasteiger partial charge in [0.05, 0.1) is 12.1 Å². The summed E-state index contributed by atoms with van der Waals surface area (Å²) in [6.07, 6.45) is 3.00. The van der Waals surface area contributed by atoms with E-state index in [9.17, 15) is 9.18 Å². The Labute approximate surface area is 141 Å². The maximum absolute atomic E-state index is 13.3. The summed E-state index contributed by atoms with van der Waals surface area (Å²) >= 11 is 0. The highest BCUT2D eigenvalue weighted by molar-refractivity contribution is 5.77. The lowest BCUT2D eigenvalue weighted by Crippen LogP contribution is -2.39. The largest absolute Gasteiger partial charge is 0.333 e. The van der Waals surface area contributed by atoms with Crippen LogP contribution in [0.3, 0.4) is 0 Å². The molecule has 1 aliphatic carbocycles. The van der Waals surface area contributed by atoms with Crippen molar-refractivity contribution in [2.45, 2.75) is 44.2 Å². The van der Waals surface area contributed by atoms with E-state index in [4.69, 9.17) is 0 Å². The molecule has 4 rings (SSSR count). The first-order valence-corrected chi connectivity index (χ1v) is 8.54. The van der Waals surface area contributed by atoms with Gasteiger partial charge < -0.3 is 10.6 Å². The molecule has 1 heterocycles. The van der Waals surface area contributed by atoms with Crippen molar-refractivity contribution in [3.8, 4) is 11.1 Å².